The number of aromatic nitrogens is 1. The maximum atomic E-state index is 12.0. The van der Waals surface area contributed by atoms with E-state index in [4.69, 9.17) is 46.4 Å². The van der Waals surface area contributed by atoms with Gasteiger partial charge in [-0.2, -0.15) is 0 Å². The first-order valence-electron chi connectivity index (χ1n) is 7.04. The average molecular weight is 432 g/mol. The number of alkyl halides is 2. The summed E-state index contributed by atoms with van der Waals surface area (Å²) in [7, 11) is 0. The Bertz CT molecular complexity index is 893. The van der Waals surface area contributed by atoms with Crippen LogP contribution >= 0.6 is 57.7 Å². The normalized spacial score (nSPS) is 10.9. The van der Waals surface area contributed by atoms with Crippen LogP contribution in [0.5, 0.6) is 0 Å². The summed E-state index contributed by atoms with van der Waals surface area (Å²) in [6.45, 7) is 0. The average Bonchev–Trinajstić information content (AvgIpc) is 3.09. The molecule has 0 saturated carbocycles. The molecule has 1 aromatic heterocycles. The maximum Gasteiger partial charge on any atom is 0.257 e. The Morgan fingerprint density at radius 3 is 2.44 bits per heavy atom. The Labute approximate surface area is 168 Å². The van der Waals surface area contributed by atoms with Crippen molar-refractivity contribution in [3.05, 3.63) is 58.0 Å². The molecule has 25 heavy (non-hydrogen) atoms. The Morgan fingerprint density at radius 2 is 1.84 bits per heavy atom. The molecule has 0 aliphatic carbocycles. The third kappa shape index (κ3) is 4.10. The van der Waals surface area contributed by atoms with Gasteiger partial charge in [0.15, 0.2) is 4.84 Å². The summed E-state index contributed by atoms with van der Waals surface area (Å²) >= 11 is 25.3. The second-order valence-electron chi connectivity index (χ2n) is 4.98. The highest BCUT2D eigenvalue weighted by molar-refractivity contribution is 7.13. The zero-order chi connectivity index (χ0) is 18.0. The quantitative estimate of drug-likeness (QED) is 0.477. The van der Waals surface area contributed by atoms with Crippen LogP contribution in [0.25, 0.3) is 21.7 Å². The molecule has 1 amide bonds. The number of carbonyl (C=O) groups is 1. The van der Waals surface area contributed by atoms with E-state index in [1.54, 1.807) is 30.5 Å². The maximum absolute atomic E-state index is 12.0. The molecule has 0 radical (unpaired) electrons. The summed E-state index contributed by atoms with van der Waals surface area (Å²) in [6, 6.07) is 10.8. The van der Waals surface area contributed by atoms with Gasteiger partial charge in [0.2, 0.25) is 0 Å². The van der Waals surface area contributed by atoms with Gasteiger partial charge in [0.1, 0.15) is 5.01 Å². The van der Waals surface area contributed by atoms with Crippen LogP contribution in [-0.4, -0.2) is 15.7 Å². The molecule has 0 fully saturated rings. The summed E-state index contributed by atoms with van der Waals surface area (Å²) in [5.41, 5.74) is 2.72. The molecular weight excluding hydrogens is 422 g/mol. The van der Waals surface area contributed by atoms with Gasteiger partial charge >= 0.3 is 0 Å². The van der Waals surface area contributed by atoms with E-state index in [2.05, 4.69) is 10.3 Å². The smallest absolute Gasteiger partial charge is 0.257 e. The van der Waals surface area contributed by atoms with Crippen LogP contribution in [0.15, 0.2) is 48.0 Å². The molecule has 1 N–H and O–H groups in total. The second-order valence-corrected chi connectivity index (χ2v) is 7.79. The molecule has 8 heteroatoms. The Balaban J connectivity index is 2.13. The number of anilines is 1. The summed E-state index contributed by atoms with van der Waals surface area (Å²) in [5, 5.41) is 6.36. The predicted octanol–water partition coefficient (Wildman–Crippen LogP) is 6.53. The Hall–Kier alpha value is -1.30. The van der Waals surface area contributed by atoms with E-state index in [1.165, 1.54) is 11.3 Å². The highest BCUT2D eigenvalue weighted by Gasteiger charge is 2.17. The fraction of sp³-hybridized carbons (Fsp3) is 0.0588. The van der Waals surface area contributed by atoms with Crippen LogP contribution < -0.4 is 5.32 Å². The number of thiazole rings is 1. The van der Waals surface area contributed by atoms with Crippen molar-refractivity contribution in [3.8, 4) is 21.7 Å². The molecule has 3 aromatic rings. The number of hydrogen-bond donors (Lipinski definition) is 1. The second kappa shape index (κ2) is 7.94. The minimum Gasteiger partial charge on any atom is -0.323 e. The number of carbonyl (C=O) groups excluding carboxylic acids is 1. The molecule has 0 aliphatic rings. The van der Waals surface area contributed by atoms with E-state index >= 15 is 0 Å². The topological polar surface area (TPSA) is 42.0 Å². The summed E-state index contributed by atoms with van der Waals surface area (Å²) in [6.07, 6.45) is 1.69. The molecule has 3 nitrogen and oxygen atoms in total. The summed E-state index contributed by atoms with van der Waals surface area (Å²) < 4.78 is 0. The van der Waals surface area contributed by atoms with Gasteiger partial charge in [-0.25, -0.2) is 4.98 Å². The lowest BCUT2D eigenvalue weighted by Crippen LogP contribution is -2.19. The molecular formula is C17H10Cl4N2OS. The standard InChI is InChI=1S/C17H10Cl4N2OS/c18-11-2-1-3-12(19)14(11)9-4-5-10(17-22-6-7-25-17)13(8-9)23-16(24)15(20)21/h1-8,15H,(H,23,24). The van der Waals surface area contributed by atoms with E-state index in [1.807, 2.05) is 17.5 Å². The fourth-order valence-electron chi connectivity index (χ4n) is 2.31. The molecule has 128 valence electrons. The van der Waals surface area contributed by atoms with Crippen LogP contribution in [0.2, 0.25) is 10.0 Å². The SMILES string of the molecule is O=C(Nc1cc(-c2c(Cl)cccc2Cl)ccc1-c1nccs1)C(Cl)Cl. The van der Waals surface area contributed by atoms with E-state index in [0.29, 0.717) is 21.3 Å². The van der Waals surface area contributed by atoms with Crippen molar-refractivity contribution in [3.63, 3.8) is 0 Å². The highest BCUT2D eigenvalue weighted by Crippen LogP contribution is 2.39. The summed E-state index contributed by atoms with van der Waals surface area (Å²) in [5.74, 6) is -0.524. The molecule has 0 saturated heterocycles. The van der Waals surface area contributed by atoms with Crippen molar-refractivity contribution in [2.75, 3.05) is 5.32 Å². The van der Waals surface area contributed by atoms with E-state index in [0.717, 1.165) is 16.1 Å². The van der Waals surface area contributed by atoms with Crippen molar-refractivity contribution in [1.29, 1.82) is 0 Å². The number of benzene rings is 2. The van der Waals surface area contributed by atoms with Gasteiger partial charge in [0.05, 0.1) is 5.69 Å². The van der Waals surface area contributed by atoms with Gasteiger partial charge < -0.3 is 5.32 Å². The zero-order valence-electron chi connectivity index (χ0n) is 12.5. The third-order valence-electron chi connectivity index (χ3n) is 3.39. The highest BCUT2D eigenvalue weighted by atomic mass is 35.5. The molecule has 0 aliphatic heterocycles. The zero-order valence-corrected chi connectivity index (χ0v) is 16.3. The Morgan fingerprint density at radius 1 is 1.12 bits per heavy atom. The summed E-state index contributed by atoms with van der Waals surface area (Å²) in [4.78, 5) is 15.1. The third-order valence-corrected chi connectivity index (χ3v) is 5.22. The monoisotopic (exact) mass is 430 g/mol. The first-order chi connectivity index (χ1) is 12.0. The first-order valence-corrected chi connectivity index (χ1v) is 9.55. The number of hydrogen-bond acceptors (Lipinski definition) is 3. The lowest BCUT2D eigenvalue weighted by atomic mass is 10.0. The van der Waals surface area contributed by atoms with Crippen LogP contribution in [0.3, 0.4) is 0 Å². The van der Waals surface area contributed by atoms with Crippen molar-refractivity contribution in [2.24, 2.45) is 0 Å². The molecule has 1 heterocycles. The fourth-order valence-corrected chi connectivity index (χ4v) is 3.71. The number of nitrogens with zero attached hydrogens (tertiary/aromatic N) is 1. The Kier molecular flexibility index (Phi) is 5.87. The predicted molar refractivity (Wildman–Crippen MR) is 107 cm³/mol. The lowest BCUT2D eigenvalue weighted by molar-refractivity contribution is -0.114. The van der Waals surface area contributed by atoms with E-state index < -0.39 is 10.7 Å². The van der Waals surface area contributed by atoms with Crippen LogP contribution in [-0.2, 0) is 4.79 Å². The van der Waals surface area contributed by atoms with Gasteiger partial charge in [-0.05, 0) is 29.8 Å². The largest absolute Gasteiger partial charge is 0.323 e. The van der Waals surface area contributed by atoms with Gasteiger partial charge in [-0.15, -0.1) is 11.3 Å². The van der Waals surface area contributed by atoms with Crippen molar-refractivity contribution >= 4 is 69.3 Å². The van der Waals surface area contributed by atoms with Crippen LogP contribution in [0, 0.1) is 0 Å². The minimum absolute atomic E-state index is 0.513. The van der Waals surface area contributed by atoms with Crippen LogP contribution in [0.1, 0.15) is 0 Å². The molecule has 0 spiro atoms. The number of nitrogens with one attached hydrogen (secondary N) is 1. The van der Waals surface area contributed by atoms with Crippen molar-refractivity contribution < 1.29 is 4.79 Å². The van der Waals surface area contributed by atoms with E-state index in [9.17, 15) is 4.79 Å². The van der Waals surface area contributed by atoms with Gasteiger partial charge in [0, 0.05) is 32.7 Å². The van der Waals surface area contributed by atoms with Gasteiger partial charge in [-0.1, -0.05) is 58.5 Å². The molecule has 2 aromatic carbocycles. The van der Waals surface area contributed by atoms with Crippen molar-refractivity contribution in [1.82, 2.24) is 4.98 Å². The van der Waals surface area contributed by atoms with E-state index in [-0.39, 0.29) is 0 Å². The first kappa shape index (κ1) is 18.5. The molecule has 0 atom stereocenters. The number of rotatable bonds is 4. The van der Waals surface area contributed by atoms with Crippen LogP contribution in [0.4, 0.5) is 5.69 Å². The van der Waals surface area contributed by atoms with Crippen molar-refractivity contribution in [2.45, 2.75) is 4.84 Å². The number of amides is 1. The number of halogens is 4. The van der Waals surface area contributed by atoms with Gasteiger partial charge in [-0.3, -0.25) is 4.79 Å². The lowest BCUT2D eigenvalue weighted by Gasteiger charge is -2.14. The minimum atomic E-state index is -1.18. The molecule has 3 rings (SSSR count). The molecule has 0 bridgehead atoms. The van der Waals surface area contributed by atoms with Gasteiger partial charge in [0.25, 0.3) is 5.91 Å². The molecule has 0 unspecified atom stereocenters.